The molecule has 0 spiro atoms. The van der Waals surface area contributed by atoms with Gasteiger partial charge in [0, 0.05) is 19.6 Å². The monoisotopic (exact) mass is 396 g/mol. The number of para-hydroxylation sites is 1. The van der Waals surface area contributed by atoms with Gasteiger partial charge in [0.15, 0.2) is 0 Å². The van der Waals surface area contributed by atoms with Gasteiger partial charge in [0.2, 0.25) is 11.8 Å². The van der Waals surface area contributed by atoms with Crippen LogP contribution in [0.2, 0.25) is 0 Å². The average Bonchev–Trinajstić information content (AvgIpc) is 3.11. The van der Waals surface area contributed by atoms with Crippen molar-refractivity contribution in [2.45, 2.75) is 45.1 Å². The van der Waals surface area contributed by atoms with Gasteiger partial charge in [0.05, 0.1) is 23.6 Å². The van der Waals surface area contributed by atoms with E-state index >= 15 is 0 Å². The van der Waals surface area contributed by atoms with Gasteiger partial charge in [-0.1, -0.05) is 36.8 Å². The molecule has 3 aliphatic rings. The van der Waals surface area contributed by atoms with E-state index in [0.717, 1.165) is 25.1 Å². The molecule has 2 N–H and O–H groups in total. The number of piperidine rings is 1. The number of carbonyl (C=O) groups is 2. The Morgan fingerprint density at radius 2 is 2.03 bits per heavy atom. The van der Waals surface area contributed by atoms with Crippen LogP contribution in [0.5, 0.6) is 0 Å². The first-order valence-electron chi connectivity index (χ1n) is 11.0. The quantitative estimate of drug-likeness (QED) is 0.725. The SMILES string of the molecule is CCN1CC(C(=O)NCCC2=CCCCC2)C2NN(c3ccccc3)C(=O)C2C1. The Labute approximate surface area is 173 Å². The summed E-state index contributed by atoms with van der Waals surface area (Å²) in [5.74, 6) is -0.304. The Morgan fingerprint density at radius 3 is 2.76 bits per heavy atom. The maximum Gasteiger partial charge on any atom is 0.247 e. The molecule has 4 rings (SSSR count). The second-order valence-corrected chi connectivity index (χ2v) is 8.38. The number of carbonyl (C=O) groups excluding carboxylic acids is 2. The molecule has 2 aliphatic heterocycles. The molecule has 156 valence electrons. The number of amides is 2. The van der Waals surface area contributed by atoms with Crippen LogP contribution in [-0.4, -0.2) is 48.9 Å². The van der Waals surface area contributed by atoms with Crippen molar-refractivity contribution in [3.63, 3.8) is 0 Å². The van der Waals surface area contributed by atoms with Crippen LogP contribution in [0.25, 0.3) is 0 Å². The fourth-order valence-electron chi connectivity index (χ4n) is 4.82. The van der Waals surface area contributed by atoms with E-state index in [2.05, 4.69) is 28.6 Å². The van der Waals surface area contributed by atoms with E-state index in [1.54, 1.807) is 5.01 Å². The lowest BCUT2D eigenvalue weighted by Crippen LogP contribution is -2.57. The number of benzene rings is 1. The van der Waals surface area contributed by atoms with E-state index in [-0.39, 0.29) is 29.7 Å². The van der Waals surface area contributed by atoms with Crippen LogP contribution in [0.15, 0.2) is 42.0 Å². The second-order valence-electron chi connectivity index (χ2n) is 8.38. The zero-order valence-corrected chi connectivity index (χ0v) is 17.3. The van der Waals surface area contributed by atoms with Gasteiger partial charge in [0.1, 0.15) is 0 Å². The van der Waals surface area contributed by atoms with E-state index in [4.69, 9.17) is 0 Å². The summed E-state index contributed by atoms with van der Waals surface area (Å²) in [4.78, 5) is 28.4. The Bertz CT molecular complexity index is 763. The fourth-order valence-corrected chi connectivity index (χ4v) is 4.82. The highest BCUT2D eigenvalue weighted by atomic mass is 16.2. The van der Waals surface area contributed by atoms with E-state index in [9.17, 15) is 9.59 Å². The van der Waals surface area contributed by atoms with Gasteiger partial charge in [-0.2, -0.15) is 0 Å². The van der Waals surface area contributed by atoms with Gasteiger partial charge in [-0.05, 0) is 50.8 Å². The first kappa shape index (κ1) is 20.1. The number of rotatable bonds is 6. The van der Waals surface area contributed by atoms with E-state index in [1.165, 1.54) is 24.8 Å². The van der Waals surface area contributed by atoms with Crippen molar-refractivity contribution in [3.8, 4) is 0 Å². The molecule has 3 unspecified atom stereocenters. The first-order valence-corrected chi connectivity index (χ1v) is 11.0. The molecule has 2 saturated heterocycles. The molecule has 2 amide bonds. The molecule has 29 heavy (non-hydrogen) atoms. The van der Waals surface area contributed by atoms with Gasteiger partial charge < -0.3 is 10.2 Å². The standard InChI is InChI=1S/C23H32N4O2/c1-2-26-15-19(22(28)24-14-13-17-9-5-3-6-10-17)21-20(16-26)23(29)27(25-21)18-11-7-4-8-12-18/h4,7-9,11-12,19-21,25H,2-3,5-6,10,13-16H2,1H3,(H,24,28). The number of anilines is 1. The second kappa shape index (κ2) is 9.09. The highest BCUT2D eigenvalue weighted by Gasteiger charge is 2.50. The van der Waals surface area contributed by atoms with Crippen molar-refractivity contribution < 1.29 is 9.59 Å². The molecule has 6 heteroatoms. The Hall–Kier alpha value is -2.18. The van der Waals surface area contributed by atoms with Crippen LogP contribution in [0.4, 0.5) is 5.69 Å². The number of nitrogens with one attached hydrogen (secondary N) is 2. The molecule has 0 aromatic heterocycles. The normalized spacial score (nSPS) is 27.5. The molecule has 1 aromatic carbocycles. The van der Waals surface area contributed by atoms with Crippen molar-refractivity contribution in [2.24, 2.45) is 11.8 Å². The lowest BCUT2D eigenvalue weighted by Gasteiger charge is -2.37. The summed E-state index contributed by atoms with van der Waals surface area (Å²) in [6, 6.07) is 9.48. The molecule has 3 atom stereocenters. The van der Waals surface area contributed by atoms with Crippen LogP contribution in [-0.2, 0) is 9.59 Å². The third kappa shape index (κ3) is 4.38. The molecular weight excluding hydrogens is 364 g/mol. The lowest BCUT2D eigenvalue weighted by molar-refractivity contribution is -0.129. The summed E-state index contributed by atoms with van der Waals surface area (Å²) >= 11 is 0. The van der Waals surface area contributed by atoms with E-state index in [1.807, 2.05) is 30.3 Å². The summed E-state index contributed by atoms with van der Waals surface area (Å²) in [5, 5.41) is 4.79. The number of hydrogen-bond acceptors (Lipinski definition) is 4. The number of allylic oxidation sites excluding steroid dienone is 1. The molecule has 0 bridgehead atoms. The maximum atomic E-state index is 13.1. The molecule has 0 radical (unpaired) electrons. The molecular formula is C23H32N4O2. The van der Waals surface area contributed by atoms with Gasteiger partial charge in [0.25, 0.3) is 0 Å². The minimum absolute atomic E-state index is 0.0597. The zero-order chi connectivity index (χ0) is 20.2. The van der Waals surface area contributed by atoms with Crippen LogP contribution in [0.1, 0.15) is 39.0 Å². The van der Waals surface area contributed by atoms with Gasteiger partial charge in [-0.3, -0.25) is 9.59 Å². The predicted molar refractivity (Wildman–Crippen MR) is 114 cm³/mol. The predicted octanol–water partition coefficient (Wildman–Crippen LogP) is 2.48. The van der Waals surface area contributed by atoms with Gasteiger partial charge in [-0.15, -0.1) is 0 Å². The number of hydrogen-bond donors (Lipinski definition) is 2. The Morgan fingerprint density at radius 1 is 1.21 bits per heavy atom. The third-order valence-corrected chi connectivity index (χ3v) is 6.52. The van der Waals surface area contributed by atoms with Crippen LogP contribution in [0.3, 0.4) is 0 Å². The Kier molecular flexibility index (Phi) is 6.31. The van der Waals surface area contributed by atoms with Crippen molar-refractivity contribution in [1.82, 2.24) is 15.6 Å². The minimum Gasteiger partial charge on any atom is -0.355 e. The topological polar surface area (TPSA) is 64.7 Å². The highest BCUT2D eigenvalue weighted by molar-refractivity contribution is 5.98. The smallest absolute Gasteiger partial charge is 0.247 e. The maximum absolute atomic E-state index is 13.1. The lowest BCUT2D eigenvalue weighted by atomic mass is 9.84. The van der Waals surface area contributed by atoms with Crippen molar-refractivity contribution in [1.29, 1.82) is 0 Å². The van der Waals surface area contributed by atoms with Gasteiger partial charge >= 0.3 is 0 Å². The van der Waals surface area contributed by atoms with Crippen molar-refractivity contribution >= 4 is 17.5 Å². The number of fused-ring (bicyclic) bond motifs is 1. The summed E-state index contributed by atoms with van der Waals surface area (Å²) in [6.45, 7) is 5.01. The molecule has 2 heterocycles. The molecule has 1 aliphatic carbocycles. The molecule has 2 fully saturated rings. The molecule has 1 aromatic rings. The highest BCUT2D eigenvalue weighted by Crippen LogP contribution is 2.31. The third-order valence-electron chi connectivity index (χ3n) is 6.52. The van der Waals surface area contributed by atoms with Gasteiger partial charge in [-0.25, -0.2) is 10.4 Å². The van der Waals surface area contributed by atoms with Crippen LogP contribution in [0, 0.1) is 11.8 Å². The summed E-state index contributed by atoms with van der Waals surface area (Å²) < 4.78 is 0. The first-order chi connectivity index (χ1) is 14.2. The number of likely N-dealkylation sites (tertiary alicyclic amines) is 1. The number of hydrazine groups is 1. The summed E-state index contributed by atoms with van der Waals surface area (Å²) in [5.41, 5.74) is 5.66. The summed E-state index contributed by atoms with van der Waals surface area (Å²) in [6.07, 6.45) is 8.15. The van der Waals surface area contributed by atoms with Crippen LogP contribution >= 0.6 is 0 Å². The average molecular weight is 397 g/mol. The molecule has 0 saturated carbocycles. The Balaban J connectivity index is 1.43. The van der Waals surface area contributed by atoms with E-state index in [0.29, 0.717) is 19.6 Å². The largest absolute Gasteiger partial charge is 0.355 e. The van der Waals surface area contributed by atoms with Crippen molar-refractivity contribution in [3.05, 3.63) is 42.0 Å². The van der Waals surface area contributed by atoms with Crippen molar-refractivity contribution in [2.75, 3.05) is 31.2 Å². The fraction of sp³-hybridized carbons (Fsp3) is 0.565. The molecule has 6 nitrogen and oxygen atoms in total. The minimum atomic E-state index is -0.230. The van der Waals surface area contributed by atoms with Crippen LogP contribution < -0.4 is 15.8 Å². The summed E-state index contributed by atoms with van der Waals surface area (Å²) in [7, 11) is 0. The number of nitrogens with zero attached hydrogens (tertiary/aromatic N) is 2. The van der Waals surface area contributed by atoms with E-state index < -0.39 is 0 Å². The zero-order valence-electron chi connectivity index (χ0n) is 17.3.